The molecule has 0 spiro atoms. The second-order valence-corrected chi connectivity index (χ2v) is 7.47. The van der Waals surface area contributed by atoms with Crippen molar-refractivity contribution in [2.45, 2.75) is 77.9 Å². The zero-order valence-electron chi connectivity index (χ0n) is 14.5. The highest BCUT2D eigenvalue weighted by Gasteiger charge is 2.37. The minimum Gasteiger partial charge on any atom is -0.375 e. The molecule has 21 heavy (non-hydrogen) atoms. The topological polar surface area (TPSA) is 24.5 Å². The van der Waals surface area contributed by atoms with Crippen molar-refractivity contribution in [1.82, 2.24) is 10.2 Å². The molecule has 0 aromatic rings. The molecule has 1 saturated carbocycles. The maximum atomic E-state index is 6.03. The fourth-order valence-electron chi connectivity index (χ4n) is 4.26. The van der Waals surface area contributed by atoms with Crippen molar-refractivity contribution in [3.63, 3.8) is 0 Å². The number of hydrogen-bond donors (Lipinski definition) is 1. The van der Waals surface area contributed by atoms with Gasteiger partial charge in [-0.1, -0.05) is 40.0 Å². The van der Waals surface area contributed by atoms with E-state index in [4.69, 9.17) is 4.74 Å². The number of rotatable bonds is 8. The summed E-state index contributed by atoms with van der Waals surface area (Å²) in [6, 6.07) is 0.690. The summed E-state index contributed by atoms with van der Waals surface area (Å²) in [5.74, 6) is 0. The molecule has 124 valence electrons. The Balaban J connectivity index is 1.93. The lowest BCUT2D eigenvalue weighted by Gasteiger charge is -2.47. The van der Waals surface area contributed by atoms with Gasteiger partial charge in [0, 0.05) is 25.7 Å². The second kappa shape index (κ2) is 8.50. The van der Waals surface area contributed by atoms with Crippen LogP contribution in [-0.2, 0) is 4.74 Å². The van der Waals surface area contributed by atoms with E-state index in [1.165, 1.54) is 51.5 Å². The van der Waals surface area contributed by atoms with Crippen LogP contribution in [0.2, 0.25) is 0 Å². The van der Waals surface area contributed by atoms with E-state index in [-0.39, 0.29) is 0 Å². The molecule has 1 heterocycles. The second-order valence-electron chi connectivity index (χ2n) is 7.47. The Labute approximate surface area is 131 Å². The molecule has 3 nitrogen and oxygen atoms in total. The van der Waals surface area contributed by atoms with Crippen LogP contribution in [0.4, 0.5) is 0 Å². The Bertz CT molecular complexity index is 295. The molecule has 0 amide bonds. The highest BCUT2D eigenvalue weighted by atomic mass is 16.5. The molecule has 0 aromatic carbocycles. The quantitative estimate of drug-likeness (QED) is 0.695. The van der Waals surface area contributed by atoms with Crippen LogP contribution in [0.5, 0.6) is 0 Å². The van der Waals surface area contributed by atoms with Crippen LogP contribution in [0.3, 0.4) is 0 Å². The average molecular weight is 296 g/mol. The Hall–Kier alpha value is -0.120. The van der Waals surface area contributed by atoms with Gasteiger partial charge in [-0.3, -0.25) is 4.90 Å². The number of fused-ring (bicyclic) bond motifs is 1. The van der Waals surface area contributed by atoms with Crippen LogP contribution in [0.25, 0.3) is 0 Å². The third-order valence-electron chi connectivity index (χ3n) is 5.26. The van der Waals surface area contributed by atoms with Crippen molar-refractivity contribution in [1.29, 1.82) is 0 Å². The molecule has 0 aromatic heterocycles. The minimum absolute atomic E-state index is 0.406. The monoisotopic (exact) mass is 296 g/mol. The molecule has 2 aliphatic rings. The average Bonchev–Trinajstić information content (AvgIpc) is 2.48. The Morgan fingerprint density at radius 1 is 1.19 bits per heavy atom. The van der Waals surface area contributed by atoms with E-state index in [1.807, 2.05) is 0 Å². The van der Waals surface area contributed by atoms with Crippen LogP contribution in [0, 0.1) is 5.41 Å². The van der Waals surface area contributed by atoms with Crippen LogP contribution in [0.15, 0.2) is 0 Å². The van der Waals surface area contributed by atoms with Crippen molar-refractivity contribution in [3.8, 4) is 0 Å². The van der Waals surface area contributed by atoms with Gasteiger partial charge in [0.2, 0.25) is 0 Å². The molecule has 3 unspecified atom stereocenters. The summed E-state index contributed by atoms with van der Waals surface area (Å²) in [4.78, 5) is 2.76. The van der Waals surface area contributed by atoms with Crippen molar-refractivity contribution in [2.24, 2.45) is 5.41 Å². The van der Waals surface area contributed by atoms with Gasteiger partial charge >= 0.3 is 0 Å². The Kier molecular flexibility index (Phi) is 6.97. The first-order valence-corrected chi connectivity index (χ1v) is 9.25. The number of ether oxygens (including phenoxy) is 1. The largest absolute Gasteiger partial charge is 0.375 e. The van der Waals surface area contributed by atoms with Gasteiger partial charge < -0.3 is 10.1 Å². The van der Waals surface area contributed by atoms with Gasteiger partial charge in [0.25, 0.3) is 0 Å². The van der Waals surface area contributed by atoms with E-state index >= 15 is 0 Å². The molecule has 3 atom stereocenters. The first kappa shape index (κ1) is 17.2. The minimum atomic E-state index is 0.406. The van der Waals surface area contributed by atoms with Crippen LogP contribution in [0.1, 0.15) is 65.7 Å². The SMILES string of the molecule is CCCNCC(C)(CCC)CN1CCOC2CCCCC21. The highest BCUT2D eigenvalue weighted by molar-refractivity contribution is 4.91. The summed E-state index contributed by atoms with van der Waals surface area (Å²) in [6.45, 7) is 12.7. The van der Waals surface area contributed by atoms with Gasteiger partial charge in [0.1, 0.15) is 0 Å². The van der Waals surface area contributed by atoms with Gasteiger partial charge in [-0.2, -0.15) is 0 Å². The molecular weight excluding hydrogens is 260 g/mol. The molecule has 1 saturated heterocycles. The molecule has 1 N–H and O–H groups in total. The molecule has 1 aliphatic heterocycles. The molecule has 2 rings (SSSR count). The lowest BCUT2D eigenvalue weighted by Crippen LogP contribution is -2.56. The van der Waals surface area contributed by atoms with E-state index in [0.717, 1.165) is 26.2 Å². The normalized spacial score (nSPS) is 29.9. The lowest BCUT2D eigenvalue weighted by atomic mass is 9.82. The van der Waals surface area contributed by atoms with Crippen molar-refractivity contribution >= 4 is 0 Å². The van der Waals surface area contributed by atoms with Gasteiger partial charge in [-0.05, 0) is 37.6 Å². The third-order valence-corrected chi connectivity index (χ3v) is 5.26. The fourth-order valence-corrected chi connectivity index (χ4v) is 4.26. The maximum absolute atomic E-state index is 6.03. The number of nitrogens with zero attached hydrogens (tertiary/aromatic N) is 1. The molecule has 0 radical (unpaired) electrons. The summed E-state index contributed by atoms with van der Waals surface area (Å²) in [5.41, 5.74) is 0.406. The first-order chi connectivity index (χ1) is 10.2. The molecule has 0 bridgehead atoms. The van der Waals surface area contributed by atoms with Crippen molar-refractivity contribution < 1.29 is 4.74 Å². The molecular formula is C18H36N2O. The standard InChI is InChI=1S/C18H36N2O/c1-4-10-18(3,14-19-11-5-2)15-20-12-13-21-17-9-7-6-8-16(17)20/h16-17,19H,4-15H2,1-3H3. The summed E-state index contributed by atoms with van der Waals surface area (Å²) >= 11 is 0. The molecule has 1 aliphatic carbocycles. The first-order valence-electron chi connectivity index (χ1n) is 9.25. The Morgan fingerprint density at radius 3 is 2.76 bits per heavy atom. The predicted molar refractivity (Wildman–Crippen MR) is 89.7 cm³/mol. The van der Waals surface area contributed by atoms with Crippen LogP contribution < -0.4 is 5.32 Å². The van der Waals surface area contributed by atoms with Crippen LogP contribution >= 0.6 is 0 Å². The zero-order chi connectivity index (χ0) is 15.1. The van der Waals surface area contributed by atoms with Gasteiger partial charge in [0.05, 0.1) is 12.7 Å². The summed E-state index contributed by atoms with van der Waals surface area (Å²) in [6.07, 6.45) is 9.71. The predicted octanol–water partition coefficient (Wildman–Crippen LogP) is 3.44. The van der Waals surface area contributed by atoms with Crippen LogP contribution in [-0.4, -0.2) is 49.8 Å². The zero-order valence-corrected chi connectivity index (χ0v) is 14.5. The summed E-state index contributed by atoms with van der Waals surface area (Å²) in [7, 11) is 0. The van der Waals surface area contributed by atoms with E-state index in [0.29, 0.717) is 17.6 Å². The van der Waals surface area contributed by atoms with E-state index in [2.05, 4.69) is 31.0 Å². The number of hydrogen-bond acceptors (Lipinski definition) is 3. The molecule has 3 heteroatoms. The third kappa shape index (κ3) is 4.94. The van der Waals surface area contributed by atoms with Crippen molar-refractivity contribution in [3.05, 3.63) is 0 Å². The highest BCUT2D eigenvalue weighted by Crippen LogP contribution is 2.32. The Morgan fingerprint density at radius 2 is 2.00 bits per heavy atom. The fraction of sp³-hybridized carbons (Fsp3) is 1.00. The number of nitrogens with one attached hydrogen (secondary N) is 1. The van der Waals surface area contributed by atoms with E-state index in [1.54, 1.807) is 0 Å². The van der Waals surface area contributed by atoms with Gasteiger partial charge in [-0.15, -0.1) is 0 Å². The summed E-state index contributed by atoms with van der Waals surface area (Å²) < 4.78 is 6.03. The smallest absolute Gasteiger partial charge is 0.0730 e. The maximum Gasteiger partial charge on any atom is 0.0730 e. The number of morpholine rings is 1. The van der Waals surface area contributed by atoms with Gasteiger partial charge in [0.15, 0.2) is 0 Å². The van der Waals surface area contributed by atoms with E-state index < -0.39 is 0 Å². The van der Waals surface area contributed by atoms with E-state index in [9.17, 15) is 0 Å². The van der Waals surface area contributed by atoms with Gasteiger partial charge in [-0.25, -0.2) is 0 Å². The lowest BCUT2D eigenvalue weighted by molar-refractivity contribution is -0.0982. The molecule has 2 fully saturated rings. The van der Waals surface area contributed by atoms with Crippen molar-refractivity contribution in [2.75, 3.05) is 32.8 Å². The summed E-state index contributed by atoms with van der Waals surface area (Å²) in [5, 5.41) is 3.66.